The number of para-hydroxylation sites is 2. The summed E-state index contributed by atoms with van der Waals surface area (Å²) in [6.07, 6.45) is 1.33. The molecular weight excluding hydrogens is 402 g/mol. The summed E-state index contributed by atoms with van der Waals surface area (Å²) in [5.41, 5.74) is 0.382. The zero-order valence-corrected chi connectivity index (χ0v) is 16.9. The Kier molecular flexibility index (Phi) is 6.32. The Morgan fingerprint density at radius 2 is 2.00 bits per heavy atom. The van der Waals surface area contributed by atoms with Gasteiger partial charge in [0.2, 0.25) is 0 Å². The van der Waals surface area contributed by atoms with Gasteiger partial charge in [-0.3, -0.25) is 9.59 Å². The molecule has 2 heterocycles. The number of thiophene rings is 1. The lowest BCUT2D eigenvalue weighted by atomic mass is 10.2. The Morgan fingerprint density at radius 1 is 1.21 bits per heavy atom. The number of sulfonamides is 1. The number of hydrogen-bond acceptors (Lipinski definition) is 6. The number of rotatable bonds is 6. The summed E-state index contributed by atoms with van der Waals surface area (Å²) in [5.74, 6) is -1.23. The van der Waals surface area contributed by atoms with Crippen molar-refractivity contribution < 1.29 is 22.7 Å². The number of nitrogens with one attached hydrogen (secondary N) is 2. The minimum atomic E-state index is -3.59. The van der Waals surface area contributed by atoms with Crippen LogP contribution in [0.5, 0.6) is 5.75 Å². The van der Waals surface area contributed by atoms with E-state index in [-0.39, 0.29) is 16.8 Å². The Morgan fingerprint density at radius 3 is 2.71 bits per heavy atom. The van der Waals surface area contributed by atoms with Gasteiger partial charge in [-0.2, -0.15) is 4.31 Å². The fourth-order valence-corrected chi connectivity index (χ4v) is 5.89. The van der Waals surface area contributed by atoms with Crippen LogP contribution in [0.25, 0.3) is 0 Å². The lowest BCUT2D eigenvalue weighted by Gasteiger charge is -2.23. The van der Waals surface area contributed by atoms with E-state index in [2.05, 4.69) is 10.6 Å². The van der Waals surface area contributed by atoms with Crippen LogP contribution in [-0.4, -0.2) is 50.8 Å². The molecule has 28 heavy (non-hydrogen) atoms. The molecule has 1 aliphatic rings. The number of carbonyl (C=O) groups excluding carboxylic acids is 2. The minimum absolute atomic E-state index is 0.0722. The van der Waals surface area contributed by atoms with Gasteiger partial charge in [0, 0.05) is 19.1 Å². The topological polar surface area (TPSA) is 105 Å². The summed E-state index contributed by atoms with van der Waals surface area (Å²) in [7, 11) is -2.12. The summed E-state index contributed by atoms with van der Waals surface area (Å²) < 4.78 is 32.3. The van der Waals surface area contributed by atoms with Gasteiger partial charge >= 0.3 is 11.8 Å². The highest BCUT2D eigenvalue weighted by molar-refractivity contribution is 7.91. The van der Waals surface area contributed by atoms with Crippen LogP contribution in [0.3, 0.4) is 0 Å². The number of ether oxygens (including phenoxy) is 1. The number of benzene rings is 1. The molecule has 0 unspecified atom stereocenters. The van der Waals surface area contributed by atoms with Crippen LogP contribution in [0.2, 0.25) is 0 Å². The second-order valence-electron chi connectivity index (χ2n) is 6.21. The molecule has 0 spiro atoms. The van der Waals surface area contributed by atoms with Gasteiger partial charge in [0.1, 0.15) is 9.96 Å². The van der Waals surface area contributed by atoms with Crippen molar-refractivity contribution in [1.29, 1.82) is 0 Å². The highest BCUT2D eigenvalue weighted by atomic mass is 32.2. The van der Waals surface area contributed by atoms with Crippen molar-refractivity contribution in [2.75, 3.05) is 25.5 Å². The van der Waals surface area contributed by atoms with Crippen LogP contribution in [0.15, 0.2) is 46.0 Å². The van der Waals surface area contributed by atoms with Gasteiger partial charge in [0.25, 0.3) is 10.0 Å². The molecule has 0 bridgehead atoms. The Labute approximate surface area is 167 Å². The molecule has 2 N–H and O–H groups in total. The first kappa shape index (κ1) is 20.3. The minimum Gasteiger partial charge on any atom is -0.495 e. The fourth-order valence-electron chi connectivity index (χ4n) is 3.07. The first-order valence-electron chi connectivity index (χ1n) is 8.71. The number of hydrogen-bond donors (Lipinski definition) is 2. The first-order valence-corrected chi connectivity index (χ1v) is 11.0. The summed E-state index contributed by atoms with van der Waals surface area (Å²) in [6, 6.07) is 9.62. The number of amides is 2. The van der Waals surface area contributed by atoms with Crippen molar-refractivity contribution in [2.24, 2.45) is 0 Å². The predicted octanol–water partition coefficient (Wildman–Crippen LogP) is 1.66. The Bertz CT molecular complexity index is 944. The van der Waals surface area contributed by atoms with Gasteiger partial charge in [0.05, 0.1) is 12.8 Å². The fraction of sp³-hybridized carbons (Fsp3) is 0.333. The van der Waals surface area contributed by atoms with E-state index in [0.29, 0.717) is 30.8 Å². The lowest BCUT2D eigenvalue weighted by Crippen LogP contribution is -2.45. The average Bonchev–Trinajstić information content (AvgIpc) is 3.38. The number of anilines is 1. The van der Waals surface area contributed by atoms with Crippen molar-refractivity contribution in [3.8, 4) is 5.75 Å². The third kappa shape index (κ3) is 4.34. The molecule has 2 aromatic rings. The zero-order valence-electron chi connectivity index (χ0n) is 15.3. The summed E-state index contributed by atoms with van der Waals surface area (Å²) in [6.45, 7) is 0.469. The molecule has 2 amide bonds. The van der Waals surface area contributed by atoms with Crippen LogP contribution in [-0.2, 0) is 19.6 Å². The standard InChI is InChI=1S/C18H21N3O5S2/c1-26-15-8-3-2-7-14(15)20-18(23)17(22)19-12-13-6-4-10-21(13)28(24,25)16-9-5-11-27-16/h2-3,5,7-9,11,13H,4,6,10,12H2,1H3,(H,19,22)(H,20,23)/t13-/m0/s1. The number of nitrogens with zero attached hydrogens (tertiary/aromatic N) is 1. The molecule has 150 valence electrons. The quantitative estimate of drug-likeness (QED) is 0.688. The number of methoxy groups -OCH3 is 1. The molecule has 1 saturated heterocycles. The van der Waals surface area contributed by atoms with E-state index in [1.54, 1.807) is 41.8 Å². The monoisotopic (exact) mass is 423 g/mol. The molecule has 1 aromatic heterocycles. The maximum absolute atomic E-state index is 12.7. The molecule has 10 heteroatoms. The molecular formula is C18H21N3O5S2. The average molecular weight is 424 g/mol. The molecule has 0 saturated carbocycles. The van der Waals surface area contributed by atoms with Gasteiger partial charge in [-0.15, -0.1) is 11.3 Å². The summed E-state index contributed by atoms with van der Waals surface area (Å²) >= 11 is 1.16. The van der Waals surface area contributed by atoms with Crippen LogP contribution in [0, 0.1) is 0 Å². The molecule has 8 nitrogen and oxygen atoms in total. The van der Waals surface area contributed by atoms with E-state index >= 15 is 0 Å². The Hall–Kier alpha value is -2.43. The Balaban J connectivity index is 1.60. The third-order valence-electron chi connectivity index (χ3n) is 4.44. The molecule has 1 aliphatic heterocycles. The SMILES string of the molecule is COc1ccccc1NC(=O)C(=O)NC[C@@H]1CCCN1S(=O)(=O)c1cccs1. The van der Waals surface area contributed by atoms with Crippen molar-refractivity contribution in [2.45, 2.75) is 23.1 Å². The molecule has 0 aliphatic carbocycles. The first-order chi connectivity index (χ1) is 13.4. The van der Waals surface area contributed by atoms with Crippen LogP contribution >= 0.6 is 11.3 Å². The van der Waals surface area contributed by atoms with E-state index in [4.69, 9.17) is 4.74 Å². The van der Waals surface area contributed by atoms with E-state index in [0.717, 1.165) is 11.3 Å². The predicted molar refractivity (Wildman–Crippen MR) is 106 cm³/mol. The van der Waals surface area contributed by atoms with Gasteiger partial charge in [-0.05, 0) is 36.4 Å². The third-order valence-corrected chi connectivity index (χ3v) is 7.77. The van der Waals surface area contributed by atoms with Crippen LogP contribution in [0.4, 0.5) is 5.69 Å². The second kappa shape index (κ2) is 8.72. The molecule has 0 radical (unpaired) electrons. The van der Waals surface area contributed by atoms with E-state index in [1.165, 1.54) is 11.4 Å². The van der Waals surface area contributed by atoms with Gasteiger partial charge in [-0.25, -0.2) is 8.42 Å². The van der Waals surface area contributed by atoms with E-state index in [1.807, 2.05) is 0 Å². The molecule has 1 fully saturated rings. The van der Waals surface area contributed by atoms with Crippen molar-refractivity contribution in [1.82, 2.24) is 9.62 Å². The summed E-state index contributed by atoms with van der Waals surface area (Å²) in [4.78, 5) is 24.3. The van der Waals surface area contributed by atoms with E-state index in [9.17, 15) is 18.0 Å². The van der Waals surface area contributed by atoms with Crippen molar-refractivity contribution >= 4 is 38.9 Å². The van der Waals surface area contributed by atoms with Crippen LogP contribution < -0.4 is 15.4 Å². The zero-order chi connectivity index (χ0) is 20.1. The molecule has 1 atom stereocenters. The van der Waals surface area contributed by atoms with Crippen LogP contribution in [0.1, 0.15) is 12.8 Å². The van der Waals surface area contributed by atoms with Gasteiger partial charge in [0.15, 0.2) is 0 Å². The number of carbonyl (C=O) groups is 2. The smallest absolute Gasteiger partial charge is 0.313 e. The normalized spacial score (nSPS) is 17.2. The summed E-state index contributed by atoms with van der Waals surface area (Å²) in [5, 5.41) is 6.74. The highest BCUT2D eigenvalue weighted by Crippen LogP contribution is 2.28. The lowest BCUT2D eigenvalue weighted by molar-refractivity contribution is -0.136. The van der Waals surface area contributed by atoms with E-state index < -0.39 is 21.8 Å². The van der Waals surface area contributed by atoms with Crippen molar-refractivity contribution in [3.05, 3.63) is 41.8 Å². The maximum Gasteiger partial charge on any atom is 0.313 e. The second-order valence-corrected chi connectivity index (χ2v) is 9.27. The van der Waals surface area contributed by atoms with Crippen molar-refractivity contribution in [3.63, 3.8) is 0 Å². The highest BCUT2D eigenvalue weighted by Gasteiger charge is 2.36. The molecule has 1 aromatic carbocycles. The molecule has 3 rings (SSSR count). The van der Waals surface area contributed by atoms with Gasteiger partial charge in [-0.1, -0.05) is 18.2 Å². The van der Waals surface area contributed by atoms with Gasteiger partial charge < -0.3 is 15.4 Å². The maximum atomic E-state index is 12.7. The largest absolute Gasteiger partial charge is 0.495 e.